The highest BCUT2D eigenvalue weighted by Crippen LogP contribution is 2.39. The predicted octanol–water partition coefficient (Wildman–Crippen LogP) is 6.32. The Morgan fingerprint density at radius 3 is 1.89 bits per heavy atom. The molecule has 0 radical (unpaired) electrons. The topological polar surface area (TPSA) is 34.2 Å². The first-order valence-electron chi connectivity index (χ1n) is 13.2. The maximum atomic E-state index is 6.22. The summed E-state index contributed by atoms with van der Waals surface area (Å²) in [6, 6.07) is 31.9. The second-order valence-electron chi connectivity index (χ2n) is 10.3. The van der Waals surface area contributed by atoms with E-state index in [1.54, 1.807) is 0 Å². The van der Waals surface area contributed by atoms with Crippen LogP contribution in [-0.2, 0) is 26.2 Å². The highest BCUT2D eigenvalue weighted by atomic mass is 16.5. The maximum Gasteiger partial charge on any atom is 0.142 e. The van der Waals surface area contributed by atoms with Crippen molar-refractivity contribution < 1.29 is 14.2 Å². The minimum Gasteiger partial charge on any atom is -0.488 e. The molecule has 0 unspecified atom stereocenters. The van der Waals surface area contributed by atoms with E-state index >= 15 is 0 Å². The molecule has 0 saturated heterocycles. The second-order valence-corrected chi connectivity index (χ2v) is 10.3. The smallest absolute Gasteiger partial charge is 0.142 e. The molecular formula is C33H30N2O3. The standard InChI is InChI=1S/C33H30N2O3/c1-3-7-24(8-4-1)17-34-19-28-13-26(11-12-31(28)37-22-34)30-15-27-14-29-20-35(18-25-9-5-2-6-10-25)23-38-33(29)16-32(27)36-21-30/h1-16H,17-23H2. The van der Waals surface area contributed by atoms with E-state index in [1.807, 2.05) is 0 Å². The van der Waals surface area contributed by atoms with Gasteiger partial charge in [-0.1, -0.05) is 66.7 Å². The SMILES string of the molecule is C1=C(c2ccc3c(c2)CN(Cc2ccccc2)CO3)COc2cc3c(cc21)CN(Cc1ccccc1)CO3. The minimum atomic E-state index is 0.541. The maximum absolute atomic E-state index is 6.22. The van der Waals surface area contributed by atoms with Gasteiger partial charge in [-0.15, -0.1) is 0 Å². The van der Waals surface area contributed by atoms with E-state index in [1.165, 1.54) is 33.4 Å². The molecule has 0 bridgehead atoms. The molecule has 4 aromatic carbocycles. The average Bonchev–Trinajstić information content (AvgIpc) is 2.96. The number of nitrogens with zero attached hydrogens (tertiary/aromatic N) is 2. The van der Waals surface area contributed by atoms with Gasteiger partial charge >= 0.3 is 0 Å². The summed E-state index contributed by atoms with van der Waals surface area (Å²) in [5.74, 6) is 2.79. The lowest BCUT2D eigenvalue weighted by molar-refractivity contribution is 0.0883. The van der Waals surface area contributed by atoms with Crippen molar-refractivity contribution in [2.75, 3.05) is 20.1 Å². The molecular weight excluding hydrogens is 472 g/mol. The molecule has 0 spiro atoms. The summed E-state index contributed by atoms with van der Waals surface area (Å²) >= 11 is 0. The number of benzene rings is 4. The largest absolute Gasteiger partial charge is 0.488 e. The predicted molar refractivity (Wildman–Crippen MR) is 149 cm³/mol. The molecule has 38 heavy (non-hydrogen) atoms. The van der Waals surface area contributed by atoms with Crippen molar-refractivity contribution in [1.82, 2.24) is 9.80 Å². The van der Waals surface area contributed by atoms with Crippen LogP contribution in [0.2, 0.25) is 0 Å². The van der Waals surface area contributed by atoms with Crippen molar-refractivity contribution in [3.8, 4) is 17.2 Å². The van der Waals surface area contributed by atoms with E-state index < -0.39 is 0 Å². The summed E-state index contributed by atoms with van der Waals surface area (Å²) in [6.07, 6.45) is 2.27. The Bertz CT molecular complexity index is 1480. The molecule has 190 valence electrons. The van der Waals surface area contributed by atoms with Gasteiger partial charge in [-0.25, -0.2) is 0 Å². The van der Waals surface area contributed by atoms with Crippen LogP contribution in [0.15, 0.2) is 91.0 Å². The molecule has 0 fully saturated rings. The summed E-state index contributed by atoms with van der Waals surface area (Å²) in [6.45, 7) is 5.19. The molecule has 0 aliphatic carbocycles. The van der Waals surface area contributed by atoms with Crippen LogP contribution in [0.5, 0.6) is 17.2 Å². The van der Waals surface area contributed by atoms with Gasteiger partial charge < -0.3 is 14.2 Å². The quantitative estimate of drug-likeness (QED) is 0.319. The Morgan fingerprint density at radius 2 is 1.21 bits per heavy atom. The van der Waals surface area contributed by atoms with E-state index in [9.17, 15) is 0 Å². The molecule has 0 atom stereocenters. The van der Waals surface area contributed by atoms with E-state index in [0.29, 0.717) is 20.1 Å². The van der Waals surface area contributed by atoms with Gasteiger partial charge in [0.15, 0.2) is 0 Å². The number of rotatable bonds is 5. The minimum absolute atomic E-state index is 0.541. The molecule has 3 aliphatic heterocycles. The zero-order valence-corrected chi connectivity index (χ0v) is 21.3. The molecule has 3 aliphatic rings. The lowest BCUT2D eigenvalue weighted by Crippen LogP contribution is -2.31. The molecule has 0 N–H and O–H groups in total. The Kier molecular flexibility index (Phi) is 6.08. The molecule has 0 amide bonds. The highest BCUT2D eigenvalue weighted by Gasteiger charge is 2.23. The van der Waals surface area contributed by atoms with Gasteiger partial charge in [0.05, 0.1) is 0 Å². The van der Waals surface area contributed by atoms with E-state index in [4.69, 9.17) is 14.2 Å². The van der Waals surface area contributed by atoms with Gasteiger partial charge in [0.2, 0.25) is 0 Å². The van der Waals surface area contributed by atoms with Crippen molar-refractivity contribution in [3.63, 3.8) is 0 Å². The molecule has 0 saturated carbocycles. The number of ether oxygens (including phenoxy) is 3. The molecule has 0 aromatic heterocycles. The Hall–Kier alpha value is -4.06. The number of hydrogen-bond acceptors (Lipinski definition) is 5. The first kappa shape index (κ1) is 23.1. The molecule has 5 nitrogen and oxygen atoms in total. The summed E-state index contributed by atoms with van der Waals surface area (Å²) in [4.78, 5) is 4.65. The zero-order valence-electron chi connectivity index (χ0n) is 21.3. The lowest BCUT2D eigenvalue weighted by atomic mass is 9.97. The van der Waals surface area contributed by atoms with Crippen LogP contribution in [0.25, 0.3) is 11.6 Å². The average molecular weight is 503 g/mol. The van der Waals surface area contributed by atoms with Crippen LogP contribution >= 0.6 is 0 Å². The molecule has 4 aromatic rings. The molecule has 7 rings (SSSR count). The third-order valence-corrected chi connectivity index (χ3v) is 7.43. The summed E-state index contributed by atoms with van der Waals surface area (Å²) in [5.41, 5.74) is 8.47. The van der Waals surface area contributed by atoms with Crippen LogP contribution in [0.1, 0.15) is 33.4 Å². The van der Waals surface area contributed by atoms with Gasteiger partial charge in [-0.3, -0.25) is 9.80 Å². The van der Waals surface area contributed by atoms with Crippen molar-refractivity contribution in [3.05, 3.63) is 124 Å². The Balaban J connectivity index is 1.10. The van der Waals surface area contributed by atoms with E-state index in [2.05, 4.69) is 107 Å². The van der Waals surface area contributed by atoms with E-state index in [-0.39, 0.29) is 0 Å². The Labute approximate surface area is 223 Å². The Morgan fingerprint density at radius 1 is 0.579 bits per heavy atom. The fraction of sp³-hybridized carbons (Fsp3) is 0.212. The monoisotopic (exact) mass is 502 g/mol. The van der Waals surface area contributed by atoms with Gasteiger partial charge in [0.1, 0.15) is 37.3 Å². The zero-order chi connectivity index (χ0) is 25.3. The lowest BCUT2D eigenvalue weighted by Gasteiger charge is -2.31. The highest BCUT2D eigenvalue weighted by molar-refractivity contribution is 5.86. The number of hydrogen-bond donors (Lipinski definition) is 0. The second kappa shape index (κ2) is 10.0. The van der Waals surface area contributed by atoms with Gasteiger partial charge in [0.25, 0.3) is 0 Å². The molecule has 3 heterocycles. The van der Waals surface area contributed by atoms with Gasteiger partial charge in [0, 0.05) is 48.9 Å². The fourth-order valence-electron chi connectivity index (χ4n) is 5.50. The summed E-state index contributed by atoms with van der Waals surface area (Å²) in [5, 5.41) is 0. The van der Waals surface area contributed by atoms with Crippen molar-refractivity contribution >= 4 is 11.6 Å². The first-order valence-corrected chi connectivity index (χ1v) is 13.2. The fourth-order valence-corrected chi connectivity index (χ4v) is 5.50. The van der Waals surface area contributed by atoms with Crippen LogP contribution in [0.3, 0.4) is 0 Å². The van der Waals surface area contributed by atoms with Crippen molar-refractivity contribution in [1.29, 1.82) is 0 Å². The third kappa shape index (κ3) is 4.78. The van der Waals surface area contributed by atoms with E-state index in [0.717, 1.165) is 49.0 Å². The van der Waals surface area contributed by atoms with Crippen LogP contribution in [0, 0.1) is 0 Å². The van der Waals surface area contributed by atoms with Crippen LogP contribution < -0.4 is 14.2 Å². The summed E-state index contributed by atoms with van der Waals surface area (Å²) < 4.78 is 18.4. The van der Waals surface area contributed by atoms with Gasteiger partial charge in [-0.2, -0.15) is 0 Å². The summed E-state index contributed by atoms with van der Waals surface area (Å²) in [7, 11) is 0. The van der Waals surface area contributed by atoms with Gasteiger partial charge in [-0.05, 0) is 46.5 Å². The van der Waals surface area contributed by atoms with Crippen molar-refractivity contribution in [2.24, 2.45) is 0 Å². The van der Waals surface area contributed by atoms with Crippen molar-refractivity contribution in [2.45, 2.75) is 26.2 Å². The first-order chi connectivity index (χ1) is 18.8. The number of fused-ring (bicyclic) bond motifs is 3. The van der Waals surface area contributed by atoms with Crippen LogP contribution in [0.4, 0.5) is 0 Å². The van der Waals surface area contributed by atoms with Crippen LogP contribution in [-0.4, -0.2) is 29.9 Å². The normalized spacial score (nSPS) is 16.7. The molecule has 5 heteroatoms. The third-order valence-electron chi connectivity index (χ3n) is 7.43.